The molecule has 0 aliphatic carbocycles. The summed E-state index contributed by atoms with van der Waals surface area (Å²) in [6.45, 7) is 0.258. The van der Waals surface area contributed by atoms with E-state index in [1.807, 2.05) is 24.3 Å². The van der Waals surface area contributed by atoms with Crippen molar-refractivity contribution in [3.63, 3.8) is 0 Å². The number of phenols is 1. The summed E-state index contributed by atoms with van der Waals surface area (Å²) >= 11 is 0. The lowest BCUT2D eigenvalue weighted by molar-refractivity contribution is 0.296. The zero-order chi connectivity index (χ0) is 16.9. The number of ether oxygens (including phenoxy) is 3. The van der Waals surface area contributed by atoms with E-state index >= 15 is 0 Å². The summed E-state index contributed by atoms with van der Waals surface area (Å²) in [6.07, 6.45) is 0. The van der Waals surface area contributed by atoms with Gasteiger partial charge in [-0.3, -0.25) is 5.10 Å². The predicted octanol–water partition coefficient (Wildman–Crippen LogP) is 2.77. The number of hydrogen-bond acceptors (Lipinski definition) is 6. The van der Waals surface area contributed by atoms with Crippen molar-refractivity contribution in [3.05, 3.63) is 48.3 Å². The summed E-state index contributed by atoms with van der Waals surface area (Å²) < 4.78 is 15.8. The number of phenolic OH excluding ortho intramolecular Hbond substituents is 1. The predicted molar refractivity (Wildman–Crippen MR) is 87.4 cm³/mol. The van der Waals surface area contributed by atoms with E-state index in [0.717, 1.165) is 11.3 Å². The van der Waals surface area contributed by atoms with E-state index in [9.17, 15) is 5.11 Å². The molecule has 0 fully saturated rings. The van der Waals surface area contributed by atoms with Gasteiger partial charge in [-0.2, -0.15) is 5.10 Å². The summed E-state index contributed by atoms with van der Waals surface area (Å²) in [4.78, 5) is 4.38. The normalized spacial score (nSPS) is 10.4. The second-order valence-electron chi connectivity index (χ2n) is 4.96. The van der Waals surface area contributed by atoms with Crippen LogP contribution in [0.25, 0.3) is 11.4 Å². The Morgan fingerprint density at radius 3 is 2.46 bits per heavy atom. The molecule has 3 aromatic rings. The molecule has 0 amide bonds. The van der Waals surface area contributed by atoms with Gasteiger partial charge in [0, 0.05) is 5.56 Å². The van der Waals surface area contributed by atoms with Gasteiger partial charge in [0.05, 0.1) is 14.2 Å². The molecule has 1 aromatic heterocycles. The van der Waals surface area contributed by atoms with Crippen LogP contribution in [0.4, 0.5) is 0 Å². The van der Waals surface area contributed by atoms with Crippen molar-refractivity contribution in [2.75, 3.05) is 14.2 Å². The second kappa shape index (κ2) is 6.91. The minimum atomic E-state index is 0.0693. The Labute approximate surface area is 138 Å². The minimum Gasteiger partial charge on any atom is -0.504 e. The molecule has 0 bridgehead atoms. The van der Waals surface area contributed by atoms with Gasteiger partial charge in [0.15, 0.2) is 23.1 Å². The number of aromatic hydroxyl groups is 1. The number of benzene rings is 2. The molecule has 7 heteroatoms. The number of methoxy groups -OCH3 is 2. The first-order chi connectivity index (χ1) is 11.7. The lowest BCUT2D eigenvalue weighted by Crippen LogP contribution is -1.97. The number of nitrogens with one attached hydrogen (secondary N) is 1. The van der Waals surface area contributed by atoms with E-state index < -0.39 is 0 Å². The van der Waals surface area contributed by atoms with Crippen molar-refractivity contribution >= 4 is 0 Å². The Kier molecular flexibility index (Phi) is 4.51. The number of nitrogens with zero attached hydrogens (tertiary/aromatic N) is 2. The quantitative estimate of drug-likeness (QED) is 0.723. The average Bonchev–Trinajstić information content (AvgIpc) is 3.10. The van der Waals surface area contributed by atoms with Crippen LogP contribution in [0.15, 0.2) is 42.5 Å². The third kappa shape index (κ3) is 3.40. The minimum absolute atomic E-state index is 0.0693. The smallest absolute Gasteiger partial charge is 0.181 e. The van der Waals surface area contributed by atoms with Crippen molar-refractivity contribution in [1.82, 2.24) is 15.2 Å². The van der Waals surface area contributed by atoms with Crippen molar-refractivity contribution in [3.8, 4) is 34.4 Å². The number of H-pyrrole nitrogens is 1. The molecule has 0 radical (unpaired) electrons. The van der Waals surface area contributed by atoms with E-state index in [4.69, 9.17) is 14.2 Å². The standard InChI is InChI=1S/C17H17N3O4/c1-22-12-4-6-13(7-5-12)24-10-16-18-17(20-19-16)11-3-8-14(21)15(9-11)23-2/h3-9,21H,10H2,1-2H3,(H,18,19,20). The molecule has 0 atom stereocenters. The number of hydrogen-bond donors (Lipinski definition) is 2. The molecule has 0 aliphatic rings. The molecule has 24 heavy (non-hydrogen) atoms. The van der Waals surface area contributed by atoms with Crippen molar-refractivity contribution in [2.45, 2.75) is 6.61 Å². The molecule has 0 saturated carbocycles. The van der Waals surface area contributed by atoms with Crippen LogP contribution in [0, 0.1) is 0 Å². The maximum atomic E-state index is 9.63. The van der Waals surface area contributed by atoms with Gasteiger partial charge in [-0.15, -0.1) is 0 Å². The first-order valence-electron chi connectivity index (χ1n) is 7.25. The van der Waals surface area contributed by atoms with E-state index in [-0.39, 0.29) is 12.4 Å². The van der Waals surface area contributed by atoms with E-state index in [1.54, 1.807) is 19.2 Å². The van der Waals surface area contributed by atoms with Crippen LogP contribution in [0.2, 0.25) is 0 Å². The van der Waals surface area contributed by atoms with Gasteiger partial charge in [0.25, 0.3) is 0 Å². The highest BCUT2D eigenvalue weighted by Gasteiger charge is 2.10. The highest BCUT2D eigenvalue weighted by Crippen LogP contribution is 2.30. The van der Waals surface area contributed by atoms with Crippen LogP contribution in [0.1, 0.15) is 5.82 Å². The van der Waals surface area contributed by atoms with Crippen LogP contribution < -0.4 is 14.2 Å². The fourth-order valence-electron chi connectivity index (χ4n) is 2.13. The third-order valence-corrected chi connectivity index (χ3v) is 3.40. The van der Waals surface area contributed by atoms with Crippen molar-refractivity contribution in [1.29, 1.82) is 0 Å². The Hall–Kier alpha value is -3.22. The lowest BCUT2D eigenvalue weighted by atomic mass is 10.2. The molecular formula is C17H17N3O4. The molecule has 7 nitrogen and oxygen atoms in total. The van der Waals surface area contributed by atoms with Crippen LogP contribution in [0.5, 0.6) is 23.0 Å². The summed E-state index contributed by atoms with van der Waals surface area (Å²) in [6, 6.07) is 12.2. The molecule has 1 heterocycles. The number of aromatic nitrogens is 3. The number of rotatable bonds is 6. The summed E-state index contributed by atoms with van der Waals surface area (Å²) in [7, 11) is 3.11. The molecule has 2 N–H and O–H groups in total. The first kappa shape index (κ1) is 15.7. The zero-order valence-electron chi connectivity index (χ0n) is 13.3. The summed E-state index contributed by atoms with van der Waals surface area (Å²) in [5.74, 6) is 3.01. The first-order valence-corrected chi connectivity index (χ1v) is 7.25. The van der Waals surface area contributed by atoms with E-state index in [2.05, 4.69) is 15.2 Å². The molecule has 124 valence electrons. The summed E-state index contributed by atoms with van der Waals surface area (Å²) in [5, 5.41) is 16.6. The molecule has 0 saturated heterocycles. The van der Waals surface area contributed by atoms with Gasteiger partial charge in [-0.1, -0.05) is 0 Å². The fourth-order valence-corrected chi connectivity index (χ4v) is 2.13. The molecule has 3 rings (SSSR count). The van der Waals surface area contributed by atoms with Gasteiger partial charge >= 0.3 is 0 Å². The SMILES string of the molecule is COc1ccc(OCc2nc(-c3ccc(O)c(OC)c3)n[nH]2)cc1. The van der Waals surface area contributed by atoms with Gasteiger partial charge in [0.2, 0.25) is 0 Å². The molecular weight excluding hydrogens is 310 g/mol. The Morgan fingerprint density at radius 1 is 1.00 bits per heavy atom. The Bertz CT molecular complexity index is 815. The highest BCUT2D eigenvalue weighted by molar-refractivity contribution is 5.60. The van der Waals surface area contributed by atoms with Crippen LogP contribution in [0.3, 0.4) is 0 Å². The third-order valence-electron chi connectivity index (χ3n) is 3.40. The summed E-state index contributed by atoms with van der Waals surface area (Å²) in [5.41, 5.74) is 0.733. The molecule has 2 aromatic carbocycles. The van der Waals surface area contributed by atoms with Crippen LogP contribution in [-0.2, 0) is 6.61 Å². The topological polar surface area (TPSA) is 89.5 Å². The van der Waals surface area contributed by atoms with Crippen molar-refractivity contribution in [2.24, 2.45) is 0 Å². The van der Waals surface area contributed by atoms with Crippen LogP contribution >= 0.6 is 0 Å². The Balaban J connectivity index is 1.68. The largest absolute Gasteiger partial charge is 0.504 e. The maximum Gasteiger partial charge on any atom is 0.181 e. The lowest BCUT2D eigenvalue weighted by Gasteiger charge is -2.05. The average molecular weight is 327 g/mol. The molecule has 0 spiro atoms. The van der Waals surface area contributed by atoms with Crippen molar-refractivity contribution < 1.29 is 19.3 Å². The maximum absolute atomic E-state index is 9.63. The monoisotopic (exact) mass is 327 g/mol. The van der Waals surface area contributed by atoms with Crippen LogP contribution in [-0.4, -0.2) is 34.5 Å². The number of aromatic amines is 1. The van der Waals surface area contributed by atoms with Gasteiger partial charge in [-0.25, -0.2) is 4.98 Å². The van der Waals surface area contributed by atoms with Gasteiger partial charge in [-0.05, 0) is 42.5 Å². The van der Waals surface area contributed by atoms with Gasteiger partial charge < -0.3 is 19.3 Å². The van der Waals surface area contributed by atoms with E-state index in [1.165, 1.54) is 13.2 Å². The fraction of sp³-hybridized carbons (Fsp3) is 0.176. The molecule has 0 unspecified atom stereocenters. The van der Waals surface area contributed by atoms with E-state index in [0.29, 0.717) is 23.1 Å². The Morgan fingerprint density at radius 2 is 1.75 bits per heavy atom. The van der Waals surface area contributed by atoms with Gasteiger partial charge in [0.1, 0.15) is 18.1 Å². The second-order valence-corrected chi connectivity index (χ2v) is 4.96. The highest BCUT2D eigenvalue weighted by atomic mass is 16.5. The zero-order valence-corrected chi connectivity index (χ0v) is 13.3. The molecule has 0 aliphatic heterocycles.